The molecule has 0 radical (unpaired) electrons. The Bertz CT molecular complexity index is 697. The molecule has 1 fully saturated rings. The van der Waals surface area contributed by atoms with Crippen LogP contribution >= 0.6 is 11.6 Å². The fourth-order valence-electron chi connectivity index (χ4n) is 2.03. The van der Waals surface area contributed by atoms with Crippen LogP contribution < -0.4 is 4.72 Å². The zero-order valence-corrected chi connectivity index (χ0v) is 12.6. The molecule has 2 rings (SSSR count). The predicted molar refractivity (Wildman–Crippen MR) is 73.6 cm³/mol. The fraction of sp³-hybridized carbons (Fsp3) is 0.455. The topological polar surface area (TPSA) is 80.3 Å². The summed E-state index contributed by atoms with van der Waals surface area (Å²) in [5.74, 6) is -0.124. The summed E-state index contributed by atoms with van der Waals surface area (Å²) in [7, 11) is -6.87. The summed E-state index contributed by atoms with van der Waals surface area (Å²) in [5.41, 5.74) is 0.567. The van der Waals surface area contributed by atoms with Gasteiger partial charge in [-0.3, -0.25) is 0 Å². The quantitative estimate of drug-likeness (QED) is 0.903. The largest absolute Gasteiger partial charge is 0.241 e. The highest BCUT2D eigenvalue weighted by Crippen LogP contribution is 2.21. The van der Waals surface area contributed by atoms with Crippen LogP contribution in [0.5, 0.6) is 0 Å². The summed E-state index contributed by atoms with van der Waals surface area (Å²) in [6.07, 6.45) is 0.307. The minimum absolute atomic E-state index is 0.0225. The molecular formula is C11H14ClNO4S2. The molecule has 1 N–H and O–H groups in total. The molecule has 1 heterocycles. The van der Waals surface area contributed by atoms with E-state index < -0.39 is 25.9 Å². The molecule has 0 saturated carbocycles. The zero-order chi connectivity index (χ0) is 14.3. The second kappa shape index (κ2) is 5.05. The second-order valence-corrected chi connectivity index (χ2v) is 8.98. The summed E-state index contributed by atoms with van der Waals surface area (Å²) in [6.45, 7) is 1.66. The lowest BCUT2D eigenvalue weighted by Gasteiger charge is -2.13. The van der Waals surface area contributed by atoms with Gasteiger partial charge in [-0.1, -0.05) is 17.7 Å². The Labute approximate surface area is 117 Å². The predicted octanol–water partition coefficient (Wildman–Crippen LogP) is 1.11. The first kappa shape index (κ1) is 14.8. The van der Waals surface area contributed by atoms with Gasteiger partial charge in [-0.2, -0.15) is 0 Å². The van der Waals surface area contributed by atoms with Crippen molar-refractivity contribution in [3.05, 3.63) is 28.8 Å². The maximum atomic E-state index is 12.2. The van der Waals surface area contributed by atoms with Gasteiger partial charge in [-0.25, -0.2) is 21.6 Å². The van der Waals surface area contributed by atoms with Crippen molar-refractivity contribution in [3.8, 4) is 0 Å². The number of hydrogen-bond acceptors (Lipinski definition) is 4. The van der Waals surface area contributed by atoms with Gasteiger partial charge >= 0.3 is 0 Å². The van der Waals surface area contributed by atoms with E-state index in [1.165, 1.54) is 6.07 Å². The molecule has 1 atom stereocenters. The normalized spacial score (nSPS) is 22.5. The Morgan fingerprint density at radius 3 is 2.63 bits per heavy atom. The SMILES string of the molecule is Cc1ccc(Cl)cc1S(=O)(=O)NC1CCS(=O)(=O)C1. The monoisotopic (exact) mass is 323 g/mol. The van der Waals surface area contributed by atoms with Crippen LogP contribution in [0.15, 0.2) is 23.1 Å². The summed E-state index contributed by atoms with van der Waals surface area (Å²) in [4.78, 5) is 0.0873. The molecule has 106 valence electrons. The molecule has 1 unspecified atom stereocenters. The third-order valence-corrected chi connectivity index (χ3v) is 6.66. The number of hydrogen-bond donors (Lipinski definition) is 1. The summed E-state index contributed by atoms with van der Waals surface area (Å²) >= 11 is 5.80. The minimum Gasteiger partial charge on any atom is -0.229 e. The molecular weight excluding hydrogens is 310 g/mol. The number of benzene rings is 1. The van der Waals surface area contributed by atoms with Gasteiger partial charge in [0.2, 0.25) is 10.0 Å². The van der Waals surface area contributed by atoms with E-state index >= 15 is 0 Å². The summed E-state index contributed by atoms with van der Waals surface area (Å²) in [5, 5.41) is 0.324. The van der Waals surface area contributed by atoms with E-state index in [1.54, 1.807) is 19.1 Å². The van der Waals surface area contributed by atoms with Gasteiger partial charge in [0, 0.05) is 11.1 Å². The number of sulfone groups is 1. The smallest absolute Gasteiger partial charge is 0.229 e. The standard InChI is InChI=1S/C11H14ClNO4S2/c1-8-2-3-9(12)6-11(8)19(16,17)13-10-4-5-18(14,15)7-10/h2-3,6,10,13H,4-5,7H2,1H3. The van der Waals surface area contributed by atoms with Crippen LogP contribution in [0.4, 0.5) is 0 Å². The molecule has 8 heteroatoms. The lowest BCUT2D eigenvalue weighted by atomic mass is 10.2. The van der Waals surface area contributed by atoms with Crippen molar-refractivity contribution >= 4 is 31.5 Å². The van der Waals surface area contributed by atoms with E-state index in [1.807, 2.05) is 0 Å². The van der Waals surface area contributed by atoms with E-state index in [4.69, 9.17) is 11.6 Å². The Morgan fingerprint density at radius 2 is 2.05 bits per heavy atom. The molecule has 1 aromatic rings. The van der Waals surface area contributed by atoms with Crippen LogP contribution in [0, 0.1) is 6.92 Å². The first-order valence-corrected chi connectivity index (χ1v) is 9.37. The van der Waals surface area contributed by atoms with Crippen LogP contribution in [0.25, 0.3) is 0 Å². The first-order valence-electron chi connectivity index (χ1n) is 5.68. The highest BCUT2D eigenvalue weighted by atomic mass is 35.5. The molecule has 0 aromatic heterocycles. The Morgan fingerprint density at radius 1 is 1.37 bits per heavy atom. The average molecular weight is 324 g/mol. The van der Waals surface area contributed by atoms with Gasteiger partial charge in [-0.05, 0) is 31.0 Å². The third kappa shape index (κ3) is 3.47. The number of rotatable bonds is 3. The van der Waals surface area contributed by atoms with Crippen molar-refractivity contribution < 1.29 is 16.8 Å². The molecule has 1 saturated heterocycles. The third-order valence-electron chi connectivity index (χ3n) is 2.99. The number of halogens is 1. The Balaban J connectivity index is 2.26. The number of aryl methyl sites for hydroxylation is 1. The molecule has 0 bridgehead atoms. The zero-order valence-electron chi connectivity index (χ0n) is 10.3. The molecule has 1 aliphatic rings. The highest BCUT2D eigenvalue weighted by molar-refractivity contribution is 7.92. The molecule has 5 nitrogen and oxygen atoms in total. The lowest BCUT2D eigenvalue weighted by molar-refractivity contribution is 0.562. The molecule has 1 aliphatic heterocycles. The van der Waals surface area contributed by atoms with Gasteiger partial charge in [0.1, 0.15) is 0 Å². The Kier molecular flexibility index (Phi) is 3.92. The molecule has 0 spiro atoms. The summed E-state index contributed by atoms with van der Waals surface area (Å²) < 4.78 is 49.5. The van der Waals surface area contributed by atoms with Gasteiger partial charge in [0.05, 0.1) is 16.4 Å². The second-order valence-electron chi connectivity index (χ2n) is 4.63. The molecule has 19 heavy (non-hydrogen) atoms. The van der Waals surface area contributed by atoms with Gasteiger partial charge in [-0.15, -0.1) is 0 Å². The molecule has 0 aliphatic carbocycles. The average Bonchev–Trinajstić information content (AvgIpc) is 2.60. The van der Waals surface area contributed by atoms with E-state index in [2.05, 4.69) is 4.72 Å². The first-order chi connectivity index (χ1) is 8.70. The maximum absolute atomic E-state index is 12.2. The van der Waals surface area contributed by atoms with Gasteiger partial charge in [0.25, 0.3) is 0 Å². The number of sulfonamides is 1. The van der Waals surface area contributed by atoms with E-state index in [0.29, 0.717) is 17.0 Å². The van der Waals surface area contributed by atoms with E-state index in [9.17, 15) is 16.8 Å². The van der Waals surface area contributed by atoms with Crippen molar-refractivity contribution in [2.45, 2.75) is 24.3 Å². The van der Waals surface area contributed by atoms with Crippen molar-refractivity contribution in [3.63, 3.8) is 0 Å². The minimum atomic E-state index is -3.75. The van der Waals surface area contributed by atoms with Gasteiger partial charge < -0.3 is 0 Å². The van der Waals surface area contributed by atoms with Crippen molar-refractivity contribution in [2.24, 2.45) is 0 Å². The fourth-order valence-corrected chi connectivity index (χ4v) is 5.59. The highest BCUT2D eigenvalue weighted by Gasteiger charge is 2.31. The Hall–Kier alpha value is -0.630. The molecule has 1 aromatic carbocycles. The van der Waals surface area contributed by atoms with Crippen LogP contribution in [-0.4, -0.2) is 34.4 Å². The van der Waals surface area contributed by atoms with E-state index in [0.717, 1.165) is 0 Å². The van der Waals surface area contributed by atoms with E-state index in [-0.39, 0.29) is 16.4 Å². The number of nitrogens with one attached hydrogen (secondary N) is 1. The maximum Gasteiger partial charge on any atom is 0.241 e. The van der Waals surface area contributed by atoms with Crippen molar-refractivity contribution in [1.29, 1.82) is 0 Å². The van der Waals surface area contributed by atoms with Crippen LogP contribution in [0.2, 0.25) is 5.02 Å². The van der Waals surface area contributed by atoms with Crippen molar-refractivity contribution in [2.75, 3.05) is 11.5 Å². The van der Waals surface area contributed by atoms with Crippen LogP contribution in [0.1, 0.15) is 12.0 Å². The van der Waals surface area contributed by atoms with Crippen LogP contribution in [-0.2, 0) is 19.9 Å². The molecule has 0 amide bonds. The van der Waals surface area contributed by atoms with Crippen molar-refractivity contribution in [1.82, 2.24) is 4.72 Å². The van der Waals surface area contributed by atoms with Crippen LogP contribution in [0.3, 0.4) is 0 Å². The summed E-state index contributed by atoms with van der Waals surface area (Å²) in [6, 6.07) is 4.02. The van der Waals surface area contributed by atoms with Gasteiger partial charge in [0.15, 0.2) is 9.84 Å². The lowest BCUT2D eigenvalue weighted by Crippen LogP contribution is -2.35.